The van der Waals surface area contributed by atoms with Gasteiger partial charge in [-0.15, -0.1) is 0 Å². The van der Waals surface area contributed by atoms with Gasteiger partial charge in [-0.2, -0.15) is 0 Å². The number of hydrogen-bond donors (Lipinski definition) is 2. The van der Waals surface area contributed by atoms with Crippen molar-refractivity contribution in [3.8, 4) is 0 Å². The van der Waals surface area contributed by atoms with Crippen LogP contribution in [0.3, 0.4) is 0 Å². The average Bonchev–Trinajstić information content (AvgIpc) is 2.88. The van der Waals surface area contributed by atoms with Crippen LogP contribution < -0.4 is 10.6 Å². The molecule has 3 nitrogen and oxygen atoms in total. The lowest BCUT2D eigenvalue weighted by molar-refractivity contribution is -0.116. The van der Waals surface area contributed by atoms with Crippen molar-refractivity contribution in [1.82, 2.24) is 0 Å². The number of fused-ring (bicyclic) bond motifs is 1. The Bertz CT molecular complexity index is 696. The lowest BCUT2D eigenvalue weighted by Gasteiger charge is -2.13. The molecule has 0 aromatic heterocycles. The van der Waals surface area contributed by atoms with Crippen molar-refractivity contribution in [3.05, 3.63) is 58.6 Å². The van der Waals surface area contributed by atoms with E-state index in [1.165, 1.54) is 0 Å². The van der Waals surface area contributed by atoms with E-state index in [-0.39, 0.29) is 10.7 Å². The van der Waals surface area contributed by atoms with Crippen LogP contribution in [-0.4, -0.2) is 11.9 Å². The summed E-state index contributed by atoms with van der Waals surface area (Å²) in [6.07, 6.45) is 0.512. The fourth-order valence-corrected chi connectivity index (χ4v) is 2.46. The van der Waals surface area contributed by atoms with Crippen molar-refractivity contribution >= 4 is 28.9 Å². The molecular formula is C15H11ClF2N2O. The van der Waals surface area contributed by atoms with Gasteiger partial charge in [0.05, 0.1) is 10.7 Å². The number of anilines is 2. The van der Waals surface area contributed by atoms with Crippen molar-refractivity contribution in [1.29, 1.82) is 0 Å². The van der Waals surface area contributed by atoms with Gasteiger partial charge in [-0.3, -0.25) is 4.79 Å². The van der Waals surface area contributed by atoms with Gasteiger partial charge in [0, 0.05) is 18.2 Å². The predicted molar refractivity (Wildman–Crippen MR) is 77.6 cm³/mol. The van der Waals surface area contributed by atoms with Crippen LogP contribution in [0.2, 0.25) is 5.02 Å². The third kappa shape index (κ3) is 2.69. The summed E-state index contributed by atoms with van der Waals surface area (Å²) >= 11 is 5.59. The molecule has 0 fully saturated rings. The summed E-state index contributed by atoms with van der Waals surface area (Å²) in [4.78, 5) is 12.2. The molecule has 108 valence electrons. The van der Waals surface area contributed by atoms with Crippen LogP contribution in [-0.2, 0) is 11.2 Å². The van der Waals surface area contributed by atoms with Crippen molar-refractivity contribution < 1.29 is 13.6 Å². The number of halogens is 3. The summed E-state index contributed by atoms with van der Waals surface area (Å²) in [5, 5.41) is 5.24. The standard InChI is InChI=1S/C15H11ClF2N2O/c16-9-6-13(11(18)7-10(9)17)20-15(21)14-5-8-3-1-2-4-12(8)19-14/h1-4,6-7,14,19H,5H2,(H,20,21)/t14-/m0/s1. The molecule has 1 aliphatic rings. The van der Waals surface area contributed by atoms with Crippen LogP contribution >= 0.6 is 11.6 Å². The van der Waals surface area contributed by atoms with Gasteiger partial charge in [-0.05, 0) is 17.7 Å². The zero-order chi connectivity index (χ0) is 15.0. The first-order valence-corrected chi connectivity index (χ1v) is 6.72. The number of hydrogen-bond acceptors (Lipinski definition) is 2. The third-order valence-corrected chi connectivity index (χ3v) is 3.65. The molecule has 3 rings (SSSR count). The van der Waals surface area contributed by atoms with Crippen LogP contribution in [0.25, 0.3) is 0 Å². The van der Waals surface area contributed by atoms with Gasteiger partial charge in [-0.25, -0.2) is 8.78 Å². The monoisotopic (exact) mass is 308 g/mol. The summed E-state index contributed by atoms with van der Waals surface area (Å²) in [5.74, 6) is -2.12. The smallest absolute Gasteiger partial charge is 0.247 e. The molecule has 6 heteroatoms. The number of rotatable bonds is 2. The number of para-hydroxylation sites is 1. The average molecular weight is 309 g/mol. The van der Waals surface area contributed by atoms with Crippen molar-refractivity contribution in [2.24, 2.45) is 0 Å². The molecule has 0 radical (unpaired) electrons. The molecule has 0 saturated carbocycles. The first-order chi connectivity index (χ1) is 10.0. The van der Waals surface area contributed by atoms with Gasteiger partial charge < -0.3 is 10.6 Å². The second-order valence-electron chi connectivity index (χ2n) is 4.79. The molecule has 0 saturated heterocycles. The number of benzene rings is 2. The van der Waals surface area contributed by atoms with E-state index in [0.717, 1.165) is 17.3 Å². The van der Waals surface area contributed by atoms with Crippen LogP contribution in [0.15, 0.2) is 36.4 Å². The summed E-state index contributed by atoms with van der Waals surface area (Å²) in [5.41, 5.74) is 1.77. The maximum absolute atomic E-state index is 13.6. The highest BCUT2D eigenvalue weighted by Gasteiger charge is 2.27. The molecule has 2 aromatic carbocycles. The SMILES string of the molecule is O=C(Nc1cc(Cl)c(F)cc1F)[C@@H]1Cc2ccccc2N1. The zero-order valence-electron chi connectivity index (χ0n) is 10.8. The lowest BCUT2D eigenvalue weighted by Crippen LogP contribution is -2.33. The van der Waals surface area contributed by atoms with Gasteiger partial charge in [-0.1, -0.05) is 29.8 Å². The Hall–Kier alpha value is -2.14. The van der Waals surface area contributed by atoms with Gasteiger partial charge in [0.15, 0.2) is 0 Å². The molecule has 2 aromatic rings. The van der Waals surface area contributed by atoms with Crippen LogP contribution in [0.1, 0.15) is 5.56 Å². The highest BCUT2D eigenvalue weighted by Crippen LogP contribution is 2.27. The second kappa shape index (κ2) is 5.33. The quantitative estimate of drug-likeness (QED) is 0.832. The normalized spacial score (nSPS) is 16.2. The number of amides is 1. The minimum atomic E-state index is -0.862. The highest BCUT2D eigenvalue weighted by atomic mass is 35.5. The van der Waals surface area contributed by atoms with Gasteiger partial charge in [0.2, 0.25) is 5.91 Å². The van der Waals surface area contributed by atoms with E-state index >= 15 is 0 Å². The van der Waals surface area contributed by atoms with Gasteiger partial charge in [0.25, 0.3) is 0 Å². The zero-order valence-corrected chi connectivity index (χ0v) is 11.5. The van der Waals surface area contributed by atoms with Gasteiger partial charge in [0.1, 0.15) is 17.7 Å². The first-order valence-electron chi connectivity index (χ1n) is 6.34. The molecule has 1 aliphatic heterocycles. The maximum atomic E-state index is 13.6. The fourth-order valence-electron chi connectivity index (χ4n) is 2.29. The van der Waals surface area contributed by atoms with E-state index in [1.54, 1.807) is 0 Å². The second-order valence-corrected chi connectivity index (χ2v) is 5.20. The molecule has 0 spiro atoms. The molecular weight excluding hydrogens is 298 g/mol. The number of carbonyl (C=O) groups is 1. The molecule has 2 N–H and O–H groups in total. The Labute approximate surface area is 124 Å². The van der Waals surface area contributed by atoms with Crippen molar-refractivity contribution in [2.45, 2.75) is 12.5 Å². The molecule has 1 amide bonds. The predicted octanol–water partition coefficient (Wildman–Crippen LogP) is 3.59. The third-order valence-electron chi connectivity index (χ3n) is 3.36. The summed E-state index contributed by atoms with van der Waals surface area (Å²) < 4.78 is 26.7. The fraction of sp³-hybridized carbons (Fsp3) is 0.133. The van der Waals surface area contributed by atoms with Crippen LogP contribution in [0.5, 0.6) is 0 Å². The van der Waals surface area contributed by atoms with E-state index in [4.69, 9.17) is 11.6 Å². The van der Waals surface area contributed by atoms with Crippen molar-refractivity contribution in [3.63, 3.8) is 0 Å². The Balaban J connectivity index is 1.75. The van der Waals surface area contributed by atoms with E-state index in [9.17, 15) is 13.6 Å². The topological polar surface area (TPSA) is 41.1 Å². The lowest BCUT2D eigenvalue weighted by atomic mass is 10.1. The van der Waals surface area contributed by atoms with Crippen LogP contribution in [0.4, 0.5) is 20.2 Å². The molecule has 1 atom stereocenters. The minimum Gasteiger partial charge on any atom is -0.373 e. The molecule has 0 bridgehead atoms. The Morgan fingerprint density at radius 1 is 1.24 bits per heavy atom. The number of nitrogens with one attached hydrogen (secondary N) is 2. The van der Waals surface area contributed by atoms with Crippen molar-refractivity contribution in [2.75, 3.05) is 10.6 Å². The Kier molecular flexibility index (Phi) is 3.51. The summed E-state index contributed by atoms with van der Waals surface area (Å²) in [6, 6.07) is 8.76. The molecule has 1 heterocycles. The van der Waals surface area contributed by atoms with Crippen LogP contribution in [0, 0.1) is 11.6 Å². The largest absolute Gasteiger partial charge is 0.373 e. The summed E-state index contributed by atoms with van der Waals surface area (Å²) in [7, 11) is 0. The van der Waals surface area contributed by atoms with E-state index < -0.39 is 23.6 Å². The first kappa shape index (κ1) is 13.8. The highest BCUT2D eigenvalue weighted by molar-refractivity contribution is 6.31. The number of carbonyl (C=O) groups excluding carboxylic acids is 1. The van der Waals surface area contributed by atoms with E-state index in [1.807, 2.05) is 24.3 Å². The minimum absolute atomic E-state index is 0.135. The van der Waals surface area contributed by atoms with Gasteiger partial charge >= 0.3 is 0 Å². The maximum Gasteiger partial charge on any atom is 0.247 e. The molecule has 0 aliphatic carbocycles. The van der Waals surface area contributed by atoms with E-state index in [2.05, 4.69) is 10.6 Å². The molecule has 21 heavy (non-hydrogen) atoms. The molecule has 0 unspecified atom stereocenters. The van der Waals surface area contributed by atoms with E-state index in [0.29, 0.717) is 12.5 Å². The Morgan fingerprint density at radius 3 is 2.76 bits per heavy atom. The Morgan fingerprint density at radius 2 is 2.00 bits per heavy atom. The summed E-state index contributed by atoms with van der Waals surface area (Å²) in [6.45, 7) is 0.